The van der Waals surface area contributed by atoms with Gasteiger partial charge in [-0.15, -0.1) is 0 Å². The van der Waals surface area contributed by atoms with E-state index >= 15 is 0 Å². The summed E-state index contributed by atoms with van der Waals surface area (Å²) >= 11 is 0. The topological polar surface area (TPSA) is 88.1 Å². The average molecular weight is 340 g/mol. The summed E-state index contributed by atoms with van der Waals surface area (Å²) in [4.78, 5) is 24.7. The standard InChI is InChI=1S/C18H16N2O5/c1-24-15-10-13(5-3-2-4-12-6-7-12)8-9-14(15)20-11-16(17(21)19-23)25-18(20)22/h8-10,12,16,23H,6-7,11H2,1H3,(H,19,21)/t16-/m0/s1. The summed E-state index contributed by atoms with van der Waals surface area (Å²) in [6.07, 6.45) is 0.525. The quantitative estimate of drug-likeness (QED) is 0.492. The van der Waals surface area contributed by atoms with E-state index in [0.717, 1.165) is 12.8 Å². The number of rotatable bonds is 3. The Morgan fingerprint density at radius 2 is 2.20 bits per heavy atom. The summed E-state index contributed by atoms with van der Waals surface area (Å²) < 4.78 is 10.3. The maximum Gasteiger partial charge on any atom is 0.415 e. The van der Waals surface area contributed by atoms with Gasteiger partial charge in [0.15, 0.2) is 0 Å². The van der Waals surface area contributed by atoms with Crippen LogP contribution in [-0.4, -0.2) is 37.0 Å². The van der Waals surface area contributed by atoms with Gasteiger partial charge < -0.3 is 9.47 Å². The monoisotopic (exact) mass is 340 g/mol. The van der Waals surface area contributed by atoms with Crippen LogP contribution in [0.2, 0.25) is 0 Å². The number of ether oxygens (including phenoxy) is 2. The normalized spacial score (nSPS) is 18.4. The number of anilines is 1. The van der Waals surface area contributed by atoms with Crippen molar-refractivity contribution < 1.29 is 24.3 Å². The third-order valence-electron chi connectivity index (χ3n) is 3.81. The highest BCUT2D eigenvalue weighted by Crippen LogP contribution is 2.32. The number of hydrogen-bond acceptors (Lipinski definition) is 5. The first-order valence-electron chi connectivity index (χ1n) is 7.74. The Kier molecular flexibility index (Phi) is 4.78. The summed E-state index contributed by atoms with van der Waals surface area (Å²) in [5.41, 5.74) is 2.62. The molecule has 0 radical (unpaired) electrons. The summed E-state index contributed by atoms with van der Waals surface area (Å²) in [7, 11) is 1.47. The van der Waals surface area contributed by atoms with Crippen molar-refractivity contribution in [2.24, 2.45) is 5.92 Å². The van der Waals surface area contributed by atoms with Gasteiger partial charge in [0.05, 0.1) is 19.3 Å². The number of nitrogens with zero attached hydrogens (tertiary/aromatic N) is 1. The SMILES string of the molecule is COc1cc(C#CC#CC2CC2)ccc1N1C[C@@H](C(=O)NO)OC1=O. The first kappa shape index (κ1) is 16.7. The molecule has 128 valence electrons. The minimum absolute atomic E-state index is 0.0283. The van der Waals surface area contributed by atoms with E-state index in [1.54, 1.807) is 18.2 Å². The van der Waals surface area contributed by atoms with E-state index in [1.165, 1.54) is 17.5 Å². The lowest BCUT2D eigenvalue weighted by Crippen LogP contribution is -2.35. The van der Waals surface area contributed by atoms with Crippen molar-refractivity contribution in [3.63, 3.8) is 0 Å². The maximum atomic E-state index is 12.0. The van der Waals surface area contributed by atoms with Gasteiger partial charge in [-0.3, -0.25) is 14.9 Å². The van der Waals surface area contributed by atoms with Crippen LogP contribution in [0.1, 0.15) is 18.4 Å². The lowest BCUT2D eigenvalue weighted by molar-refractivity contribution is -0.136. The molecule has 0 bridgehead atoms. The predicted octanol–water partition coefficient (Wildman–Crippen LogP) is 1.29. The molecule has 7 heteroatoms. The molecule has 2 amide bonds. The second-order valence-corrected chi connectivity index (χ2v) is 5.64. The fourth-order valence-corrected chi connectivity index (χ4v) is 2.32. The number of cyclic esters (lactones) is 1. The third kappa shape index (κ3) is 3.85. The first-order valence-corrected chi connectivity index (χ1v) is 7.74. The van der Waals surface area contributed by atoms with E-state index in [0.29, 0.717) is 22.9 Å². The van der Waals surface area contributed by atoms with Crippen LogP contribution in [-0.2, 0) is 9.53 Å². The van der Waals surface area contributed by atoms with Crippen molar-refractivity contribution in [1.29, 1.82) is 0 Å². The van der Waals surface area contributed by atoms with Crippen LogP contribution in [0.15, 0.2) is 18.2 Å². The lowest BCUT2D eigenvalue weighted by atomic mass is 10.1. The number of methoxy groups -OCH3 is 1. The molecule has 0 spiro atoms. The zero-order valence-electron chi connectivity index (χ0n) is 13.5. The molecule has 1 aromatic carbocycles. The highest BCUT2D eigenvalue weighted by atomic mass is 16.6. The summed E-state index contributed by atoms with van der Waals surface area (Å²) in [5, 5.41) is 8.66. The zero-order chi connectivity index (χ0) is 17.8. The van der Waals surface area contributed by atoms with Gasteiger partial charge in [-0.2, -0.15) is 0 Å². The number of benzene rings is 1. The summed E-state index contributed by atoms with van der Waals surface area (Å²) in [6.45, 7) is -0.0283. The first-order chi connectivity index (χ1) is 12.1. The van der Waals surface area contributed by atoms with Gasteiger partial charge in [0.1, 0.15) is 5.75 Å². The molecule has 1 saturated heterocycles. The van der Waals surface area contributed by atoms with Gasteiger partial charge >= 0.3 is 6.09 Å². The molecule has 3 rings (SSSR count). The van der Waals surface area contributed by atoms with Crippen molar-refractivity contribution >= 4 is 17.7 Å². The number of hydrogen-bond donors (Lipinski definition) is 2. The molecule has 25 heavy (non-hydrogen) atoms. The average Bonchev–Trinajstić information content (AvgIpc) is 3.38. The van der Waals surface area contributed by atoms with Crippen LogP contribution in [0.25, 0.3) is 0 Å². The zero-order valence-corrected chi connectivity index (χ0v) is 13.5. The van der Waals surface area contributed by atoms with Gasteiger partial charge in [0, 0.05) is 11.5 Å². The van der Waals surface area contributed by atoms with E-state index in [9.17, 15) is 9.59 Å². The van der Waals surface area contributed by atoms with Gasteiger partial charge in [-0.25, -0.2) is 10.3 Å². The molecule has 0 aromatic heterocycles. The molecule has 1 aromatic rings. The number of carbonyl (C=O) groups excluding carboxylic acids is 2. The van der Waals surface area contributed by atoms with E-state index in [2.05, 4.69) is 23.7 Å². The van der Waals surface area contributed by atoms with Gasteiger partial charge in [-0.05, 0) is 42.9 Å². The van der Waals surface area contributed by atoms with Gasteiger partial charge in [0.2, 0.25) is 6.10 Å². The van der Waals surface area contributed by atoms with Crippen LogP contribution in [0.5, 0.6) is 5.75 Å². The molecule has 2 N–H and O–H groups in total. The van der Waals surface area contributed by atoms with Crippen molar-refractivity contribution in [2.75, 3.05) is 18.6 Å². The fraction of sp³-hybridized carbons (Fsp3) is 0.333. The van der Waals surface area contributed by atoms with Crippen LogP contribution in [0.4, 0.5) is 10.5 Å². The molecule has 1 aliphatic heterocycles. The Hall–Kier alpha value is -3.16. The Labute approximate surface area is 144 Å². The minimum atomic E-state index is -1.08. The van der Waals surface area contributed by atoms with Gasteiger partial charge in [-0.1, -0.05) is 11.8 Å². The highest BCUT2D eigenvalue weighted by molar-refractivity contribution is 5.96. The predicted molar refractivity (Wildman–Crippen MR) is 87.9 cm³/mol. The van der Waals surface area contributed by atoms with E-state index in [1.807, 2.05) is 0 Å². The van der Waals surface area contributed by atoms with Crippen LogP contribution in [0.3, 0.4) is 0 Å². The fourth-order valence-electron chi connectivity index (χ4n) is 2.32. The maximum absolute atomic E-state index is 12.0. The van der Waals surface area contributed by atoms with Crippen molar-refractivity contribution in [2.45, 2.75) is 18.9 Å². The van der Waals surface area contributed by atoms with E-state index in [4.69, 9.17) is 14.7 Å². The Balaban J connectivity index is 1.79. The van der Waals surface area contributed by atoms with E-state index < -0.39 is 18.1 Å². The van der Waals surface area contributed by atoms with Gasteiger partial charge in [0.25, 0.3) is 5.91 Å². The number of nitrogens with one attached hydrogen (secondary N) is 1. The molecule has 1 heterocycles. The number of carbonyl (C=O) groups is 2. The highest BCUT2D eigenvalue weighted by Gasteiger charge is 2.38. The molecule has 2 aliphatic rings. The molecular formula is C18H16N2O5. The smallest absolute Gasteiger partial charge is 0.415 e. The molecule has 1 atom stereocenters. The summed E-state index contributed by atoms with van der Waals surface area (Å²) in [6, 6.07) is 5.09. The van der Waals surface area contributed by atoms with Crippen LogP contribution < -0.4 is 15.1 Å². The second kappa shape index (κ2) is 7.16. The second-order valence-electron chi connectivity index (χ2n) is 5.64. The Bertz CT molecular complexity index is 823. The molecule has 1 aliphatic carbocycles. The van der Waals surface area contributed by atoms with Crippen LogP contribution >= 0.6 is 0 Å². The molecule has 2 fully saturated rings. The third-order valence-corrected chi connectivity index (χ3v) is 3.81. The Morgan fingerprint density at radius 1 is 1.40 bits per heavy atom. The number of hydroxylamine groups is 1. The van der Waals surface area contributed by atoms with E-state index in [-0.39, 0.29) is 6.54 Å². The Morgan fingerprint density at radius 3 is 2.88 bits per heavy atom. The largest absolute Gasteiger partial charge is 0.495 e. The number of amides is 2. The van der Waals surface area contributed by atoms with Crippen molar-refractivity contribution in [3.8, 4) is 29.4 Å². The lowest BCUT2D eigenvalue weighted by Gasteiger charge is -2.16. The van der Waals surface area contributed by atoms with Crippen LogP contribution in [0, 0.1) is 29.6 Å². The molecule has 0 unspecified atom stereocenters. The van der Waals surface area contributed by atoms with Crippen molar-refractivity contribution in [1.82, 2.24) is 5.48 Å². The summed E-state index contributed by atoms with van der Waals surface area (Å²) in [5.74, 6) is 11.7. The molecule has 1 saturated carbocycles. The molecule has 7 nitrogen and oxygen atoms in total. The molecular weight excluding hydrogens is 324 g/mol. The van der Waals surface area contributed by atoms with Crippen molar-refractivity contribution in [3.05, 3.63) is 23.8 Å². The minimum Gasteiger partial charge on any atom is -0.495 e.